The Kier molecular flexibility index (Phi) is 4.95. The van der Waals surface area contributed by atoms with Crippen molar-refractivity contribution >= 4 is 39.4 Å². The van der Waals surface area contributed by atoms with E-state index in [1.807, 2.05) is 31.2 Å². The zero-order valence-electron chi connectivity index (χ0n) is 11.8. The molecule has 2 rings (SSSR count). The highest BCUT2D eigenvalue weighted by Crippen LogP contribution is 2.19. The molecule has 1 aromatic rings. The molecule has 112 valence electrons. The van der Waals surface area contributed by atoms with E-state index in [2.05, 4.69) is 25.9 Å². The van der Waals surface area contributed by atoms with Gasteiger partial charge in [-0.25, -0.2) is 4.99 Å². The fraction of sp³-hybridized carbons (Fsp3) is 0.357. The molecule has 1 amide bonds. The van der Waals surface area contributed by atoms with Crippen molar-refractivity contribution in [2.45, 2.75) is 13.3 Å². The summed E-state index contributed by atoms with van der Waals surface area (Å²) in [7, 11) is 0. The number of alkyl halides is 1. The second-order valence-electron chi connectivity index (χ2n) is 4.96. The Balaban J connectivity index is 2.15. The van der Waals surface area contributed by atoms with Crippen LogP contribution in [0.25, 0.3) is 0 Å². The molecule has 0 bridgehead atoms. The molecule has 1 atom stereocenters. The number of amides is 1. The van der Waals surface area contributed by atoms with Gasteiger partial charge in [-0.1, -0.05) is 34.1 Å². The number of aryl methyl sites for hydroxylation is 1. The first-order valence-corrected chi connectivity index (χ1v) is 7.73. The molecule has 1 aliphatic heterocycles. The Morgan fingerprint density at radius 2 is 2.14 bits per heavy atom. The first kappa shape index (κ1) is 15.5. The molecule has 1 saturated heterocycles. The highest BCUT2D eigenvalue weighted by Gasteiger charge is 2.31. The van der Waals surface area contributed by atoms with Crippen LogP contribution in [-0.4, -0.2) is 34.6 Å². The molecule has 0 aromatic heterocycles. The van der Waals surface area contributed by atoms with Gasteiger partial charge in [0.25, 0.3) is 0 Å². The molecular weight excluding hydrogens is 334 g/mol. The molecule has 1 aromatic carbocycles. The quantitative estimate of drug-likeness (QED) is 0.479. The molecular formula is C14H18BrN5O. The van der Waals surface area contributed by atoms with Crippen LogP contribution in [-0.2, 0) is 4.79 Å². The normalized spacial score (nSPS) is 20.2. The Hall–Kier alpha value is -1.89. The summed E-state index contributed by atoms with van der Waals surface area (Å²) >= 11 is 3.38. The van der Waals surface area contributed by atoms with Crippen LogP contribution >= 0.6 is 15.9 Å². The number of carbonyl (C=O) groups is 1. The minimum Gasteiger partial charge on any atom is -0.369 e. The molecule has 0 saturated carbocycles. The van der Waals surface area contributed by atoms with Gasteiger partial charge in [0.05, 0.1) is 5.69 Å². The van der Waals surface area contributed by atoms with Gasteiger partial charge in [0.1, 0.15) is 0 Å². The summed E-state index contributed by atoms with van der Waals surface area (Å²) in [5.74, 6) is 0.348. The minimum absolute atomic E-state index is 0.0376. The van der Waals surface area contributed by atoms with E-state index in [1.165, 1.54) is 4.90 Å². The van der Waals surface area contributed by atoms with Gasteiger partial charge in [0.2, 0.25) is 17.8 Å². The fourth-order valence-corrected chi connectivity index (χ4v) is 2.56. The number of para-hydroxylation sites is 1. The number of hydrogen-bond donors (Lipinski definition) is 2. The van der Waals surface area contributed by atoms with E-state index in [4.69, 9.17) is 11.5 Å². The Morgan fingerprint density at radius 3 is 2.76 bits per heavy atom. The molecule has 0 radical (unpaired) electrons. The van der Waals surface area contributed by atoms with E-state index in [0.717, 1.165) is 16.6 Å². The van der Waals surface area contributed by atoms with Crippen LogP contribution in [0, 0.1) is 12.8 Å². The van der Waals surface area contributed by atoms with Crippen molar-refractivity contribution in [3.05, 3.63) is 29.8 Å². The number of halogens is 1. The van der Waals surface area contributed by atoms with Crippen LogP contribution in [0.2, 0.25) is 0 Å². The SMILES string of the molecule is Cc1ccccc1N=C(N)/N=C(\N)N1CC(CBr)CC1=O. The third kappa shape index (κ3) is 3.81. The lowest BCUT2D eigenvalue weighted by Gasteiger charge is -2.14. The van der Waals surface area contributed by atoms with Crippen molar-refractivity contribution in [1.29, 1.82) is 0 Å². The number of nitrogens with two attached hydrogens (primary N) is 2. The summed E-state index contributed by atoms with van der Waals surface area (Å²) in [6.07, 6.45) is 0.469. The van der Waals surface area contributed by atoms with Crippen LogP contribution in [0.1, 0.15) is 12.0 Å². The second-order valence-corrected chi connectivity index (χ2v) is 5.60. The van der Waals surface area contributed by atoms with Crippen LogP contribution in [0.4, 0.5) is 5.69 Å². The molecule has 1 heterocycles. The Bertz CT molecular complexity index is 599. The highest BCUT2D eigenvalue weighted by atomic mass is 79.9. The van der Waals surface area contributed by atoms with E-state index < -0.39 is 0 Å². The largest absolute Gasteiger partial charge is 0.369 e. The first-order valence-electron chi connectivity index (χ1n) is 6.61. The zero-order valence-corrected chi connectivity index (χ0v) is 13.4. The lowest BCUT2D eigenvalue weighted by Crippen LogP contribution is -2.39. The van der Waals surface area contributed by atoms with Crippen LogP contribution in [0.5, 0.6) is 0 Å². The zero-order chi connectivity index (χ0) is 15.4. The van der Waals surface area contributed by atoms with Gasteiger partial charge in [-0.2, -0.15) is 4.99 Å². The fourth-order valence-electron chi connectivity index (χ4n) is 2.12. The number of guanidine groups is 2. The number of benzene rings is 1. The molecule has 0 spiro atoms. The lowest BCUT2D eigenvalue weighted by atomic mass is 10.2. The highest BCUT2D eigenvalue weighted by molar-refractivity contribution is 9.09. The van der Waals surface area contributed by atoms with E-state index in [1.54, 1.807) is 0 Å². The monoisotopic (exact) mass is 351 g/mol. The average Bonchev–Trinajstić information content (AvgIpc) is 2.82. The summed E-state index contributed by atoms with van der Waals surface area (Å²) in [5.41, 5.74) is 13.4. The van der Waals surface area contributed by atoms with Crippen LogP contribution in [0.3, 0.4) is 0 Å². The lowest BCUT2D eigenvalue weighted by molar-refractivity contribution is -0.124. The van der Waals surface area contributed by atoms with Crippen LogP contribution < -0.4 is 11.5 Å². The van der Waals surface area contributed by atoms with Gasteiger partial charge >= 0.3 is 0 Å². The summed E-state index contributed by atoms with van der Waals surface area (Å²) < 4.78 is 0. The van der Waals surface area contributed by atoms with Crippen molar-refractivity contribution in [1.82, 2.24) is 4.90 Å². The number of likely N-dealkylation sites (tertiary alicyclic amines) is 1. The summed E-state index contributed by atoms with van der Waals surface area (Å²) in [6, 6.07) is 7.57. The van der Waals surface area contributed by atoms with Gasteiger partial charge in [-0.15, -0.1) is 0 Å². The predicted octanol–water partition coefficient (Wildman–Crippen LogP) is 1.50. The van der Waals surface area contributed by atoms with Crippen molar-refractivity contribution < 1.29 is 4.79 Å². The van der Waals surface area contributed by atoms with Crippen molar-refractivity contribution in [2.75, 3.05) is 11.9 Å². The van der Waals surface area contributed by atoms with Crippen LogP contribution in [0.15, 0.2) is 34.3 Å². The van der Waals surface area contributed by atoms with E-state index in [0.29, 0.717) is 13.0 Å². The van der Waals surface area contributed by atoms with Gasteiger partial charge in [-0.3, -0.25) is 9.69 Å². The van der Waals surface area contributed by atoms with E-state index in [9.17, 15) is 4.79 Å². The van der Waals surface area contributed by atoms with E-state index in [-0.39, 0.29) is 23.7 Å². The Labute approximate surface area is 132 Å². The maximum absolute atomic E-state index is 11.8. The molecule has 1 fully saturated rings. The Morgan fingerprint density at radius 1 is 1.43 bits per heavy atom. The summed E-state index contributed by atoms with van der Waals surface area (Å²) in [4.78, 5) is 21.5. The van der Waals surface area contributed by atoms with Gasteiger partial charge in [0, 0.05) is 18.3 Å². The van der Waals surface area contributed by atoms with Crippen molar-refractivity contribution in [2.24, 2.45) is 27.4 Å². The van der Waals surface area contributed by atoms with Gasteiger partial charge in [-0.05, 0) is 24.5 Å². The smallest absolute Gasteiger partial charge is 0.229 e. The number of aliphatic imine (C=N–C) groups is 2. The van der Waals surface area contributed by atoms with Crippen molar-refractivity contribution in [3.63, 3.8) is 0 Å². The van der Waals surface area contributed by atoms with Gasteiger partial charge < -0.3 is 11.5 Å². The van der Waals surface area contributed by atoms with Crippen molar-refractivity contribution in [3.8, 4) is 0 Å². The first-order chi connectivity index (χ1) is 10.0. The minimum atomic E-state index is -0.0376. The number of rotatable bonds is 2. The molecule has 21 heavy (non-hydrogen) atoms. The second kappa shape index (κ2) is 6.71. The standard InChI is InChI=1S/C14H18BrN5O/c1-9-4-2-3-5-11(9)18-13(16)19-14(17)20-8-10(7-15)6-12(20)21/h2-5,10H,6-8H2,1H3,(H4,16,17,18,19). The number of carbonyl (C=O) groups excluding carboxylic acids is 1. The topological polar surface area (TPSA) is 97.1 Å². The maximum atomic E-state index is 11.8. The summed E-state index contributed by atoms with van der Waals surface area (Å²) in [6.45, 7) is 2.49. The average molecular weight is 352 g/mol. The van der Waals surface area contributed by atoms with E-state index >= 15 is 0 Å². The third-order valence-electron chi connectivity index (χ3n) is 3.28. The molecule has 4 N–H and O–H groups in total. The number of nitrogens with zero attached hydrogens (tertiary/aromatic N) is 3. The predicted molar refractivity (Wildman–Crippen MR) is 87.7 cm³/mol. The maximum Gasteiger partial charge on any atom is 0.229 e. The molecule has 0 aliphatic carbocycles. The molecule has 6 nitrogen and oxygen atoms in total. The number of hydrogen-bond acceptors (Lipinski definition) is 2. The van der Waals surface area contributed by atoms with Gasteiger partial charge in [0.15, 0.2) is 0 Å². The summed E-state index contributed by atoms with van der Waals surface area (Å²) in [5, 5.41) is 0.759. The molecule has 7 heteroatoms. The molecule has 1 aliphatic rings. The third-order valence-corrected chi connectivity index (χ3v) is 4.20. The molecule has 1 unspecified atom stereocenters.